The summed E-state index contributed by atoms with van der Waals surface area (Å²) in [5, 5.41) is 3.64. The number of hydrogen-bond donors (Lipinski definition) is 1. The molecule has 1 aromatic carbocycles. The Balaban J connectivity index is 1.58. The van der Waals surface area contributed by atoms with E-state index < -0.39 is 0 Å². The van der Waals surface area contributed by atoms with Crippen LogP contribution >= 0.6 is 0 Å². The van der Waals surface area contributed by atoms with Gasteiger partial charge >= 0.3 is 0 Å². The van der Waals surface area contributed by atoms with Crippen molar-refractivity contribution < 1.29 is 4.74 Å². The second-order valence-corrected chi connectivity index (χ2v) is 6.04. The van der Waals surface area contributed by atoms with Crippen molar-refractivity contribution in [1.29, 1.82) is 0 Å². The van der Waals surface area contributed by atoms with Crippen molar-refractivity contribution in [2.24, 2.45) is 5.92 Å². The zero-order valence-electron chi connectivity index (χ0n) is 12.4. The van der Waals surface area contributed by atoms with Gasteiger partial charge in [0.1, 0.15) is 0 Å². The normalized spacial score (nSPS) is 31.6. The second kappa shape index (κ2) is 6.70. The molecule has 3 rings (SSSR count). The molecule has 3 nitrogen and oxygen atoms in total. The van der Waals surface area contributed by atoms with E-state index in [4.69, 9.17) is 4.74 Å². The van der Waals surface area contributed by atoms with Gasteiger partial charge in [0, 0.05) is 38.8 Å². The molecule has 2 aliphatic heterocycles. The summed E-state index contributed by atoms with van der Waals surface area (Å²) >= 11 is 0. The number of benzene rings is 1. The van der Waals surface area contributed by atoms with Crippen LogP contribution in [-0.2, 0) is 4.74 Å². The van der Waals surface area contributed by atoms with Gasteiger partial charge in [0.2, 0.25) is 0 Å². The minimum atomic E-state index is 0.479. The highest BCUT2D eigenvalue weighted by atomic mass is 16.5. The van der Waals surface area contributed by atoms with E-state index in [0.29, 0.717) is 12.1 Å². The van der Waals surface area contributed by atoms with Crippen molar-refractivity contribution in [3.8, 4) is 0 Å². The van der Waals surface area contributed by atoms with Crippen LogP contribution < -0.4 is 5.32 Å². The van der Waals surface area contributed by atoms with Crippen LogP contribution in [-0.4, -0.2) is 43.8 Å². The summed E-state index contributed by atoms with van der Waals surface area (Å²) in [6.07, 6.45) is 2.87. The third-order valence-electron chi connectivity index (χ3n) is 4.70. The van der Waals surface area contributed by atoms with Gasteiger partial charge in [0.15, 0.2) is 0 Å². The van der Waals surface area contributed by atoms with Gasteiger partial charge in [0.05, 0.1) is 6.10 Å². The van der Waals surface area contributed by atoms with Gasteiger partial charge in [-0.25, -0.2) is 0 Å². The first-order valence-electron chi connectivity index (χ1n) is 7.99. The first-order chi connectivity index (χ1) is 9.86. The van der Waals surface area contributed by atoms with Crippen LogP contribution in [0.3, 0.4) is 0 Å². The first-order valence-corrected chi connectivity index (χ1v) is 7.99. The number of nitrogens with one attached hydrogen (secondary N) is 1. The molecule has 2 saturated heterocycles. The van der Waals surface area contributed by atoms with Crippen molar-refractivity contribution >= 4 is 0 Å². The van der Waals surface area contributed by atoms with E-state index in [1.54, 1.807) is 0 Å². The highest BCUT2D eigenvalue weighted by Gasteiger charge is 2.30. The van der Waals surface area contributed by atoms with Crippen molar-refractivity contribution in [1.82, 2.24) is 10.2 Å². The summed E-state index contributed by atoms with van der Waals surface area (Å²) in [5.41, 5.74) is 1.41. The minimum absolute atomic E-state index is 0.479. The SMILES string of the molecule is CCC1OCCC1CN1CCNC(c2ccccc2)C1. The number of nitrogens with zero attached hydrogens (tertiary/aromatic N) is 1. The Morgan fingerprint density at radius 1 is 1.30 bits per heavy atom. The molecule has 2 aliphatic rings. The Kier molecular flexibility index (Phi) is 4.71. The minimum Gasteiger partial charge on any atom is -0.378 e. The van der Waals surface area contributed by atoms with Gasteiger partial charge in [-0.1, -0.05) is 37.3 Å². The van der Waals surface area contributed by atoms with Gasteiger partial charge in [-0.3, -0.25) is 4.90 Å². The fourth-order valence-corrected chi connectivity index (χ4v) is 3.57. The molecule has 2 fully saturated rings. The van der Waals surface area contributed by atoms with Crippen LogP contribution in [0.2, 0.25) is 0 Å². The predicted octanol–water partition coefficient (Wildman–Crippen LogP) is 2.45. The zero-order chi connectivity index (χ0) is 13.8. The average Bonchev–Trinajstić information content (AvgIpc) is 2.96. The van der Waals surface area contributed by atoms with Gasteiger partial charge in [-0.2, -0.15) is 0 Å². The summed E-state index contributed by atoms with van der Waals surface area (Å²) < 4.78 is 5.83. The molecule has 110 valence electrons. The monoisotopic (exact) mass is 274 g/mol. The molecule has 0 aliphatic carbocycles. The van der Waals surface area contributed by atoms with Crippen LogP contribution in [0, 0.1) is 5.92 Å². The van der Waals surface area contributed by atoms with Gasteiger partial charge in [0.25, 0.3) is 0 Å². The van der Waals surface area contributed by atoms with E-state index in [1.807, 2.05) is 0 Å². The molecule has 2 heterocycles. The molecule has 0 radical (unpaired) electrons. The standard InChI is InChI=1S/C17H26N2O/c1-2-17-15(8-11-20-17)12-19-10-9-18-16(13-19)14-6-4-3-5-7-14/h3-7,15-18H,2,8-13H2,1H3. The molecular weight excluding hydrogens is 248 g/mol. The molecular formula is C17H26N2O. The molecule has 3 unspecified atom stereocenters. The Bertz CT molecular complexity index is 409. The summed E-state index contributed by atoms with van der Waals surface area (Å²) in [6.45, 7) is 7.77. The zero-order valence-corrected chi connectivity index (χ0v) is 12.4. The molecule has 1 aromatic rings. The fraction of sp³-hybridized carbons (Fsp3) is 0.647. The third kappa shape index (κ3) is 3.22. The lowest BCUT2D eigenvalue weighted by Crippen LogP contribution is -2.48. The van der Waals surface area contributed by atoms with E-state index in [1.165, 1.54) is 18.5 Å². The quantitative estimate of drug-likeness (QED) is 0.913. The Morgan fingerprint density at radius 2 is 2.15 bits per heavy atom. The smallest absolute Gasteiger partial charge is 0.0613 e. The summed E-state index contributed by atoms with van der Waals surface area (Å²) in [6, 6.07) is 11.3. The molecule has 0 aromatic heterocycles. The summed E-state index contributed by atoms with van der Waals surface area (Å²) in [7, 11) is 0. The topological polar surface area (TPSA) is 24.5 Å². The maximum absolute atomic E-state index is 5.83. The highest BCUT2D eigenvalue weighted by molar-refractivity contribution is 5.19. The molecule has 0 spiro atoms. The van der Waals surface area contributed by atoms with Crippen LogP contribution in [0.4, 0.5) is 0 Å². The van der Waals surface area contributed by atoms with Crippen LogP contribution in [0.25, 0.3) is 0 Å². The Morgan fingerprint density at radius 3 is 2.95 bits per heavy atom. The molecule has 3 heteroatoms. The summed E-state index contributed by atoms with van der Waals surface area (Å²) in [5.74, 6) is 0.731. The van der Waals surface area contributed by atoms with E-state index in [9.17, 15) is 0 Å². The highest BCUT2D eigenvalue weighted by Crippen LogP contribution is 2.26. The molecule has 0 amide bonds. The number of rotatable bonds is 4. The first kappa shape index (κ1) is 14.1. The van der Waals surface area contributed by atoms with E-state index >= 15 is 0 Å². The van der Waals surface area contributed by atoms with Crippen LogP contribution in [0.1, 0.15) is 31.4 Å². The van der Waals surface area contributed by atoms with Crippen molar-refractivity contribution in [3.05, 3.63) is 35.9 Å². The average molecular weight is 274 g/mol. The van der Waals surface area contributed by atoms with Gasteiger partial charge in [-0.05, 0) is 24.3 Å². The van der Waals surface area contributed by atoms with Crippen LogP contribution in [0.5, 0.6) is 0 Å². The molecule has 20 heavy (non-hydrogen) atoms. The molecule has 0 bridgehead atoms. The maximum atomic E-state index is 5.83. The van der Waals surface area contributed by atoms with Crippen molar-refractivity contribution in [3.63, 3.8) is 0 Å². The van der Waals surface area contributed by atoms with Crippen molar-refractivity contribution in [2.45, 2.75) is 31.9 Å². The third-order valence-corrected chi connectivity index (χ3v) is 4.70. The summed E-state index contributed by atoms with van der Waals surface area (Å²) in [4.78, 5) is 2.62. The number of hydrogen-bond acceptors (Lipinski definition) is 3. The molecule has 0 saturated carbocycles. The van der Waals surface area contributed by atoms with Crippen molar-refractivity contribution in [2.75, 3.05) is 32.8 Å². The van der Waals surface area contributed by atoms with E-state index in [-0.39, 0.29) is 0 Å². The van der Waals surface area contributed by atoms with E-state index in [2.05, 4.69) is 47.5 Å². The van der Waals surface area contributed by atoms with Crippen LogP contribution in [0.15, 0.2) is 30.3 Å². The lowest BCUT2D eigenvalue weighted by atomic mass is 9.97. The second-order valence-electron chi connectivity index (χ2n) is 6.04. The lowest BCUT2D eigenvalue weighted by molar-refractivity contribution is 0.0704. The molecule has 3 atom stereocenters. The van der Waals surface area contributed by atoms with Gasteiger partial charge < -0.3 is 10.1 Å². The van der Waals surface area contributed by atoms with E-state index in [0.717, 1.165) is 38.6 Å². The fourth-order valence-electron chi connectivity index (χ4n) is 3.57. The predicted molar refractivity (Wildman–Crippen MR) is 81.8 cm³/mol. The Hall–Kier alpha value is -0.900. The maximum Gasteiger partial charge on any atom is 0.0613 e. The lowest BCUT2D eigenvalue weighted by Gasteiger charge is -2.36. The number of piperazine rings is 1. The Labute approximate surface area is 122 Å². The molecule has 1 N–H and O–H groups in total. The number of ether oxygens (including phenoxy) is 1. The largest absolute Gasteiger partial charge is 0.378 e. The van der Waals surface area contributed by atoms with Gasteiger partial charge in [-0.15, -0.1) is 0 Å².